The highest BCUT2D eigenvalue weighted by Crippen LogP contribution is 2.26. The van der Waals surface area contributed by atoms with E-state index in [0.717, 1.165) is 12.8 Å². The molecule has 3 amide bonds. The number of carboxylic acids is 1. The summed E-state index contributed by atoms with van der Waals surface area (Å²) in [4.78, 5) is 51.8. The van der Waals surface area contributed by atoms with Crippen LogP contribution in [0, 0.1) is 5.92 Å². The van der Waals surface area contributed by atoms with E-state index in [4.69, 9.17) is 10.8 Å². The Kier molecular flexibility index (Phi) is 7.18. The monoisotopic (exact) mass is 382 g/mol. The lowest BCUT2D eigenvalue weighted by atomic mass is 9.98. The Hall–Kier alpha value is -2.16. The molecule has 0 aromatic heterocycles. The van der Waals surface area contributed by atoms with E-state index in [1.807, 2.05) is 13.8 Å². The number of likely N-dealkylation sites (tertiary alicyclic amines) is 2. The number of hydrogen-bond acceptors (Lipinski definition) is 5. The first kappa shape index (κ1) is 21.1. The van der Waals surface area contributed by atoms with Crippen LogP contribution in [-0.4, -0.2) is 76.4 Å². The zero-order valence-corrected chi connectivity index (χ0v) is 16.0. The summed E-state index contributed by atoms with van der Waals surface area (Å²) in [6, 6.07) is -1.92. The largest absolute Gasteiger partial charge is 0.480 e. The van der Waals surface area contributed by atoms with Gasteiger partial charge in [0.25, 0.3) is 0 Å². The molecule has 0 bridgehead atoms. The molecule has 152 valence electrons. The molecule has 4 atom stereocenters. The summed E-state index contributed by atoms with van der Waals surface area (Å²) in [5.74, 6) is -2.03. The highest BCUT2D eigenvalue weighted by atomic mass is 16.4. The molecule has 0 radical (unpaired) electrons. The van der Waals surface area contributed by atoms with Gasteiger partial charge in [0.2, 0.25) is 17.7 Å². The van der Waals surface area contributed by atoms with Crippen LogP contribution in [0.4, 0.5) is 0 Å². The second-order valence-electron chi connectivity index (χ2n) is 7.40. The van der Waals surface area contributed by atoms with E-state index in [9.17, 15) is 19.2 Å². The number of amides is 3. The maximum Gasteiger partial charge on any atom is 0.322 e. The first-order valence-corrected chi connectivity index (χ1v) is 9.64. The smallest absolute Gasteiger partial charge is 0.322 e. The fourth-order valence-electron chi connectivity index (χ4n) is 3.75. The second-order valence-corrected chi connectivity index (χ2v) is 7.40. The van der Waals surface area contributed by atoms with Gasteiger partial charge in [-0.2, -0.15) is 0 Å². The van der Waals surface area contributed by atoms with Crippen molar-refractivity contribution >= 4 is 23.7 Å². The molecule has 2 rings (SSSR count). The number of nitrogens with zero attached hydrogens (tertiary/aromatic N) is 2. The van der Waals surface area contributed by atoms with E-state index in [1.54, 1.807) is 4.90 Å². The van der Waals surface area contributed by atoms with Crippen LogP contribution in [0.25, 0.3) is 0 Å². The molecule has 0 spiro atoms. The Bertz CT molecular complexity index is 596. The summed E-state index contributed by atoms with van der Waals surface area (Å²) in [6.45, 7) is 4.33. The average molecular weight is 382 g/mol. The predicted octanol–water partition coefficient (Wildman–Crippen LogP) is -0.457. The molecule has 9 nitrogen and oxygen atoms in total. The van der Waals surface area contributed by atoms with Crippen LogP contribution < -0.4 is 11.1 Å². The molecule has 4 unspecified atom stereocenters. The van der Waals surface area contributed by atoms with Crippen molar-refractivity contribution in [3.8, 4) is 0 Å². The van der Waals surface area contributed by atoms with Gasteiger partial charge in [0.15, 0.2) is 0 Å². The quantitative estimate of drug-likeness (QED) is 0.546. The van der Waals surface area contributed by atoms with Crippen molar-refractivity contribution in [1.82, 2.24) is 15.1 Å². The van der Waals surface area contributed by atoms with Crippen molar-refractivity contribution in [2.75, 3.05) is 19.6 Å². The molecule has 2 fully saturated rings. The van der Waals surface area contributed by atoms with Gasteiger partial charge in [0.1, 0.15) is 18.6 Å². The van der Waals surface area contributed by atoms with Crippen molar-refractivity contribution in [2.24, 2.45) is 11.7 Å². The Morgan fingerprint density at radius 2 is 1.70 bits per heavy atom. The van der Waals surface area contributed by atoms with Crippen molar-refractivity contribution < 1.29 is 24.3 Å². The number of rotatable bonds is 7. The maximum atomic E-state index is 13.1. The first-order valence-electron chi connectivity index (χ1n) is 9.64. The molecule has 2 aliphatic heterocycles. The van der Waals surface area contributed by atoms with Gasteiger partial charge in [0, 0.05) is 13.1 Å². The second kappa shape index (κ2) is 9.16. The van der Waals surface area contributed by atoms with Gasteiger partial charge in [-0.1, -0.05) is 20.3 Å². The number of carboxylic acid groups (broad SMARTS) is 1. The fourth-order valence-corrected chi connectivity index (χ4v) is 3.75. The molecule has 0 aromatic carbocycles. The summed E-state index contributed by atoms with van der Waals surface area (Å²) in [7, 11) is 0. The zero-order valence-electron chi connectivity index (χ0n) is 16.0. The van der Waals surface area contributed by atoms with E-state index < -0.39 is 36.5 Å². The number of hydrogen-bond donors (Lipinski definition) is 3. The lowest BCUT2D eigenvalue weighted by Gasteiger charge is -2.33. The van der Waals surface area contributed by atoms with Crippen molar-refractivity contribution in [3.05, 3.63) is 0 Å². The fraction of sp³-hybridized carbons (Fsp3) is 0.778. The summed E-state index contributed by atoms with van der Waals surface area (Å²) >= 11 is 0. The summed E-state index contributed by atoms with van der Waals surface area (Å²) in [6.07, 6.45) is 3.21. The molecule has 2 heterocycles. The van der Waals surface area contributed by atoms with E-state index >= 15 is 0 Å². The van der Waals surface area contributed by atoms with E-state index in [0.29, 0.717) is 32.4 Å². The topological polar surface area (TPSA) is 133 Å². The summed E-state index contributed by atoms with van der Waals surface area (Å²) in [5.41, 5.74) is 6.07. The van der Waals surface area contributed by atoms with Crippen LogP contribution >= 0.6 is 0 Å². The third kappa shape index (κ3) is 4.77. The standard InChI is InChI=1S/C18H30N4O5/c1-3-11(2)15(19)18(27)22-9-5-7-13(22)17(26)21-8-4-6-12(21)16(25)20-10-14(23)24/h11-13,15H,3-10,19H2,1-2H3,(H,20,25)(H,23,24). The van der Waals surface area contributed by atoms with Gasteiger partial charge in [-0.05, 0) is 31.6 Å². The summed E-state index contributed by atoms with van der Waals surface area (Å²) in [5, 5.41) is 11.1. The van der Waals surface area contributed by atoms with Crippen LogP contribution in [0.3, 0.4) is 0 Å². The van der Waals surface area contributed by atoms with Gasteiger partial charge >= 0.3 is 5.97 Å². The predicted molar refractivity (Wildman–Crippen MR) is 97.5 cm³/mol. The van der Waals surface area contributed by atoms with Gasteiger partial charge in [-0.3, -0.25) is 19.2 Å². The zero-order chi connectivity index (χ0) is 20.1. The van der Waals surface area contributed by atoms with Gasteiger partial charge in [-0.15, -0.1) is 0 Å². The first-order chi connectivity index (χ1) is 12.8. The number of carbonyl (C=O) groups is 4. The molecule has 0 aliphatic carbocycles. The van der Waals surface area contributed by atoms with E-state index in [1.165, 1.54) is 4.90 Å². The Labute approximate surface area is 159 Å². The molecule has 2 aliphatic rings. The third-order valence-electron chi connectivity index (χ3n) is 5.62. The van der Waals surface area contributed by atoms with Crippen LogP contribution in [0.2, 0.25) is 0 Å². The molecule has 9 heteroatoms. The highest BCUT2D eigenvalue weighted by molar-refractivity contribution is 5.94. The van der Waals surface area contributed by atoms with E-state index in [2.05, 4.69) is 5.32 Å². The molecule has 0 aromatic rings. The number of nitrogens with one attached hydrogen (secondary N) is 1. The Morgan fingerprint density at radius 1 is 1.11 bits per heavy atom. The van der Waals surface area contributed by atoms with Gasteiger partial charge in [-0.25, -0.2) is 0 Å². The molecule has 2 saturated heterocycles. The van der Waals surface area contributed by atoms with Crippen molar-refractivity contribution in [2.45, 2.75) is 64.1 Å². The highest BCUT2D eigenvalue weighted by Gasteiger charge is 2.43. The SMILES string of the molecule is CCC(C)C(N)C(=O)N1CCCC1C(=O)N1CCCC1C(=O)NCC(=O)O. The van der Waals surface area contributed by atoms with E-state index in [-0.39, 0.29) is 17.7 Å². The lowest BCUT2D eigenvalue weighted by molar-refractivity contribution is -0.147. The molecule has 0 saturated carbocycles. The number of aliphatic carboxylic acids is 1. The minimum atomic E-state index is -1.13. The Balaban J connectivity index is 2.07. The number of nitrogens with two attached hydrogens (primary N) is 1. The minimum Gasteiger partial charge on any atom is -0.480 e. The molecule has 27 heavy (non-hydrogen) atoms. The number of carbonyl (C=O) groups excluding carboxylic acids is 3. The van der Waals surface area contributed by atoms with Crippen molar-refractivity contribution in [3.63, 3.8) is 0 Å². The van der Waals surface area contributed by atoms with Gasteiger partial charge in [0.05, 0.1) is 6.04 Å². The van der Waals surface area contributed by atoms with Crippen LogP contribution in [0.5, 0.6) is 0 Å². The van der Waals surface area contributed by atoms with Crippen molar-refractivity contribution in [1.29, 1.82) is 0 Å². The Morgan fingerprint density at radius 3 is 2.30 bits per heavy atom. The van der Waals surface area contributed by atoms with Crippen LogP contribution in [0.15, 0.2) is 0 Å². The van der Waals surface area contributed by atoms with Crippen LogP contribution in [-0.2, 0) is 19.2 Å². The average Bonchev–Trinajstić information content (AvgIpc) is 3.32. The summed E-state index contributed by atoms with van der Waals surface area (Å²) < 4.78 is 0. The minimum absolute atomic E-state index is 0.0233. The van der Waals surface area contributed by atoms with Gasteiger partial charge < -0.3 is 26.0 Å². The van der Waals surface area contributed by atoms with Crippen LogP contribution in [0.1, 0.15) is 46.0 Å². The maximum absolute atomic E-state index is 13.1. The normalized spacial score (nSPS) is 24.6. The lowest BCUT2D eigenvalue weighted by Crippen LogP contribution is -2.56. The molecule has 4 N–H and O–H groups in total. The molecular formula is C18H30N4O5. The third-order valence-corrected chi connectivity index (χ3v) is 5.62. The molecular weight excluding hydrogens is 352 g/mol.